The number of carboxylic acids is 1. The highest BCUT2D eigenvalue weighted by atomic mass is 19.1. The second kappa shape index (κ2) is 6.48. The molecule has 0 saturated carbocycles. The van der Waals surface area contributed by atoms with E-state index < -0.39 is 5.97 Å². The normalized spacial score (nSPS) is 10.7. The van der Waals surface area contributed by atoms with Crippen molar-refractivity contribution in [2.75, 3.05) is 0 Å². The summed E-state index contributed by atoms with van der Waals surface area (Å²) in [6.45, 7) is 0.408. The molecule has 0 aliphatic carbocycles. The van der Waals surface area contributed by atoms with E-state index >= 15 is 0 Å². The zero-order valence-electron chi connectivity index (χ0n) is 11.0. The molecule has 1 aromatic heterocycles. The van der Waals surface area contributed by atoms with Crippen LogP contribution in [0.1, 0.15) is 12.0 Å². The fourth-order valence-corrected chi connectivity index (χ4v) is 1.83. The van der Waals surface area contributed by atoms with E-state index in [0.717, 1.165) is 6.08 Å². The summed E-state index contributed by atoms with van der Waals surface area (Å²) in [6.07, 6.45) is 4.40. The van der Waals surface area contributed by atoms with Crippen molar-refractivity contribution in [3.8, 4) is 17.3 Å². The highest BCUT2D eigenvalue weighted by molar-refractivity contribution is 5.87. The van der Waals surface area contributed by atoms with Crippen LogP contribution in [0.5, 0.6) is 0 Å². The fraction of sp³-hybridized carbons (Fsp3) is 0.133. The summed E-state index contributed by atoms with van der Waals surface area (Å²) >= 11 is 0. The molecule has 1 N–H and O–H groups in total. The molecule has 6 heteroatoms. The molecule has 2 aromatic rings. The number of halogens is 1. The quantitative estimate of drug-likeness (QED) is 0.857. The molecule has 0 saturated heterocycles. The minimum atomic E-state index is -1.06. The number of aryl methyl sites for hydroxylation is 1. The maximum absolute atomic E-state index is 13.0. The van der Waals surface area contributed by atoms with Crippen molar-refractivity contribution in [3.63, 3.8) is 0 Å². The van der Waals surface area contributed by atoms with Crippen LogP contribution in [0.15, 0.2) is 36.5 Å². The standard InChI is InChI=1S/C15H12FN3O2/c16-13-5-2-11(3-6-13)15-12(4-7-14(20)21)10-19(18-15)9-1-8-17/h2-7,10H,1,9H2,(H,20,21)/b7-4+. The average Bonchev–Trinajstić information content (AvgIpc) is 2.87. The third-order valence-corrected chi connectivity index (χ3v) is 2.77. The van der Waals surface area contributed by atoms with E-state index in [9.17, 15) is 9.18 Å². The molecule has 0 atom stereocenters. The van der Waals surface area contributed by atoms with Gasteiger partial charge >= 0.3 is 5.97 Å². The highest BCUT2D eigenvalue weighted by Gasteiger charge is 2.09. The lowest BCUT2D eigenvalue weighted by atomic mass is 10.1. The molecule has 0 radical (unpaired) electrons. The Hall–Kier alpha value is -2.94. The molecule has 0 unspecified atom stereocenters. The summed E-state index contributed by atoms with van der Waals surface area (Å²) < 4.78 is 14.5. The van der Waals surface area contributed by atoms with Crippen molar-refractivity contribution in [2.45, 2.75) is 13.0 Å². The van der Waals surface area contributed by atoms with E-state index in [0.29, 0.717) is 29.8 Å². The van der Waals surface area contributed by atoms with Crippen molar-refractivity contribution < 1.29 is 14.3 Å². The van der Waals surface area contributed by atoms with Crippen LogP contribution in [0.25, 0.3) is 17.3 Å². The Morgan fingerprint density at radius 3 is 2.76 bits per heavy atom. The van der Waals surface area contributed by atoms with Gasteiger partial charge in [0.05, 0.1) is 24.7 Å². The van der Waals surface area contributed by atoms with Gasteiger partial charge in [0.15, 0.2) is 0 Å². The number of hydrogen-bond donors (Lipinski definition) is 1. The number of hydrogen-bond acceptors (Lipinski definition) is 3. The summed E-state index contributed by atoms with van der Waals surface area (Å²) in [7, 11) is 0. The minimum Gasteiger partial charge on any atom is -0.478 e. The number of carbonyl (C=O) groups is 1. The Morgan fingerprint density at radius 2 is 2.14 bits per heavy atom. The zero-order chi connectivity index (χ0) is 15.2. The van der Waals surface area contributed by atoms with Crippen LogP contribution >= 0.6 is 0 Å². The maximum atomic E-state index is 13.0. The van der Waals surface area contributed by atoms with Crippen LogP contribution in [-0.2, 0) is 11.3 Å². The van der Waals surface area contributed by atoms with Crippen molar-refractivity contribution >= 4 is 12.0 Å². The van der Waals surface area contributed by atoms with Crippen molar-refractivity contribution in [1.82, 2.24) is 9.78 Å². The summed E-state index contributed by atoms with van der Waals surface area (Å²) in [5.74, 6) is -1.42. The van der Waals surface area contributed by atoms with Gasteiger partial charge in [-0.15, -0.1) is 0 Å². The first kappa shape index (κ1) is 14.5. The number of aromatic nitrogens is 2. The van der Waals surface area contributed by atoms with Crippen LogP contribution in [0.2, 0.25) is 0 Å². The molecule has 0 fully saturated rings. The van der Waals surface area contributed by atoms with Gasteiger partial charge in [0, 0.05) is 23.4 Å². The molecule has 1 heterocycles. The van der Waals surface area contributed by atoms with Gasteiger partial charge in [0.1, 0.15) is 5.82 Å². The van der Waals surface area contributed by atoms with Crippen molar-refractivity contribution in [1.29, 1.82) is 5.26 Å². The SMILES string of the molecule is N#CCCn1cc(/C=C/C(=O)O)c(-c2ccc(F)cc2)n1. The molecule has 0 aliphatic heterocycles. The van der Waals surface area contributed by atoms with Crippen molar-refractivity contribution in [3.05, 3.63) is 47.9 Å². The molecule has 0 bridgehead atoms. The number of rotatable bonds is 5. The molecule has 0 aliphatic rings. The van der Waals surface area contributed by atoms with Crippen LogP contribution in [0.3, 0.4) is 0 Å². The second-order valence-electron chi connectivity index (χ2n) is 4.28. The zero-order valence-corrected chi connectivity index (χ0v) is 11.0. The largest absolute Gasteiger partial charge is 0.478 e. The van der Waals surface area contributed by atoms with E-state index in [1.54, 1.807) is 23.0 Å². The van der Waals surface area contributed by atoms with Crippen LogP contribution < -0.4 is 0 Å². The molecule has 106 valence electrons. The Labute approximate surface area is 120 Å². The van der Waals surface area contributed by atoms with E-state index in [-0.39, 0.29) is 5.82 Å². The Morgan fingerprint density at radius 1 is 1.43 bits per heavy atom. The predicted molar refractivity (Wildman–Crippen MR) is 74.5 cm³/mol. The first-order valence-corrected chi connectivity index (χ1v) is 6.21. The summed E-state index contributed by atoms with van der Waals surface area (Å²) in [6, 6.07) is 7.80. The number of nitrogens with zero attached hydrogens (tertiary/aromatic N) is 3. The summed E-state index contributed by atoms with van der Waals surface area (Å²) in [4.78, 5) is 10.6. The monoisotopic (exact) mass is 285 g/mol. The molecule has 0 amide bonds. The summed E-state index contributed by atoms with van der Waals surface area (Å²) in [5, 5.41) is 21.6. The Kier molecular flexibility index (Phi) is 4.46. The smallest absolute Gasteiger partial charge is 0.328 e. The summed E-state index contributed by atoms with van der Waals surface area (Å²) in [5.41, 5.74) is 1.82. The molecule has 2 rings (SSSR count). The Bertz CT molecular complexity index is 712. The van der Waals surface area contributed by atoms with Gasteiger partial charge in [0.25, 0.3) is 0 Å². The van der Waals surface area contributed by atoms with Gasteiger partial charge in [-0.05, 0) is 30.3 Å². The fourth-order valence-electron chi connectivity index (χ4n) is 1.83. The van der Waals surface area contributed by atoms with E-state index in [4.69, 9.17) is 10.4 Å². The van der Waals surface area contributed by atoms with E-state index in [1.807, 2.05) is 6.07 Å². The second-order valence-corrected chi connectivity index (χ2v) is 4.28. The first-order valence-electron chi connectivity index (χ1n) is 6.21. The highest BCUT2D eigenvalue weighted by Crippen LogP contribution is 2.23. The van der Waals surface area contributed by atoms with Crippen molar-refractivity contribution in [2.24, 2.45) is 0 Å². The van der Waals surface area contributed by atoms with Gasteiger partial charge in [-0.3, -0.25) is 4.68 Å². The average molecular weight is 285 g/mol. The lowest BCUT2D eigenvalue weighted by Gasteiger charge is -1.99. The lowest BCUT2D eigenvalue weighted by Crippen LogP contribution is -1.97. The van der Waals surface area contributed by atoms with E-state index in [1.165, 1.54) is 18.2 Å². The number of carboxylic acid groups (broad SMARTS) is 1. The topological polar surface area (TPSA) is 78.9 Å². The molecular weight excluding hydrogens is 273 g/mol. The van der Waals surface area contributed by atoms with Gasteiger partial charge in [0.2, 0.25) is 0 Å². The van der Waals surface area contributed by atoms with Gasteiger partial charge in [-0.2, -0.15) is 10.4 Å². The molecule has 5 nitrogen and oxygen atoms in total. The molecular formula is C15H12FN3O2. The van der Waals surface area contributed by atoms with Gasteiger partial charge in [-0.25, -0.2) is 9.18 Å². The maximum Gasteiger partial charge on any atom is 0.328 e. The number of benzene rings is 1. The third-order valence-electron chi connectivity index (χ3n) is 2.77. The van der Waals surface area contributed by atoms with Crippen LogP contribution in [0.4, 0.5) is 4.39 Å². The number of aliphatic carboxylic acids is 1. The first-order chi connectivity index (χ1) is 10.1. The lowest BCUT2D eigenvalue weighted by molar-refractivity contribution is -0.131. The van der Waals surface area contributed by atoms with Crippen LogP contribution in [-0.4, -0.2) is 20.9 Å². The number of nitriles is 1. The third kappa shape index (κ3) is 3.76. The van der Waals surface area contributed by atoms with E-state index in [2.05, 4.69) is 5.10 Å². The minimum absolute atomic E-state index is 0.298. The van der Waals surface area contributed by atoms with Crippen LogP contribution in [0, 0.1) is 17.1 Å². The Balaban J connectivity index is 2.41. The molecule has 1 aromatic carbocycles. The molecule has 21 heavy (non-hydrogen) atoms. The van der Waals surface area contributed by atoms with Gasteiger partial charge in [-0.1, -0.05) is 0 Å². The van der Waals surface area contributed by atoms with Gasteiger partial charge < -0.3 is 5.11 Å². The predicted octanol–water partition coefficient (Wildman–Crippen LogP) is 2.70. The molecule has 0 spiro atoms.